The maximum absolute atomic E-state index is 12.3. The van der Waals surface area contributed by atoms with Crippen molar-refractivity contribution in [2.45, 2.75) is 19.8 Å². The smallest absolute Gasteiger partial charge is 0.255 e. The fourth-order valence-electron chi connectivity index (χ4n) is 1.76. The number of nitrogens with zero attached hydrogens (tertiary/aromatic N) is 1. The molecule has 1 aromatic carbocycles. The standard InChI is InChI=1S/C14H20F2N2O2/c1-11-3-2-4-12(9-11)20-8-5-14(19)18(7-6-17)10-13(15)16/h2-4,9,13H,5-8,10,17H2,1H3. The number of nitrogens with two attached hydrogens (primary N) is 1. The highest BCUT2D eigenvalue weighted by molar-refractivity contribution is 5.76. The van der Waals surface area contributed by atoms with Crippen LogP contribution in [0.4, 0.5) is 8.78 Å². The van der Waals surface area contributed by atoms with Gasteiger partial charge < -0.3 is 15.4 Å². The lowest BCUT2D eigenvalue weighted by atomic mass is 10.2. The first-order valence-corrected chi connectivity index (χ1v) is 6.48. The average molecular weight is 286 g/mol. The summed E-state index contributed by atoms with van der Waals surface area (Å²) < 4.78 is 30.1. The molecule has 1 rings (SSSR count). The van der Waals surface area contributed by atoms with Crippen LogP contribution >= 0.6 is 0 Å². The van der Waals surface area contributed by atoms with Crippen LogP contribution in [0.1, 0.15) is 12.0 Å². The molecule has 1 aromatic rings. The first kappa shape index (κ1) is 16.4. The van der Waals surface area contributed by atoms with Crippen molar-refractivity contribution in [3.05, 3.63) is 29.8 Å². The Bertz CT molecular complexity index is 427. The van der Waals surface area contributed by atoms with Gasteiger partial charge in [0.2, 0.25) is 5.91 Å². The van der Waals surface area contributed by atoms with Gasteiger partial charge in [-0.25, -0.2) is 8.78 Å². The van der Waals surface area contributed by atoms with E-state index in [4.69, 9.17) is 10.5 Å². The molecule has 0 spiro atoms. The normalized spacial score (nSPS) is 10.7. The second-order valence-corrected chi connectivity index (χ2v) is 4.43. The molecule has 20 heavy (non-hydrogen) atoms. The summed E-state index contributed by atoms with van der Waals surface area (Å²) in [6.07, 6.45) is -2.50. The van der Waals surface area contributed by atoms with Gasteiger partial charge in [0.1, 0.15) is 5.75 Å². The zero-order valence-electron chi connectivity index (χ0n) is 11.5. The molecule has 4 nitrogen and oxygen atoms in total. The van der Waals surface area contributed by atoms with E-state index in [9.17, 15) is 13.6 Å². The lowest BCUT2D eigenvalue weighted by molar-refractivity contribution is -0.133. The summed E-state index contributed by atoms with van der Waals surface area (Å²) in [4.78, 5) is 12.9. The molecule has 0 saturated carbocycles. The Morgan fingerprint density at radius 2 is 2.20 bits per heavy atom. The Morgan fingerprint density at radius 3 is 2.80 bits per heavy atom. The van der Waals surface area contributed by atoms with Gasteiger partial charge in [-0.15, -0.1) is 0 Å². The minimum absolute atomic E-state index is 0.0562. The highest BCUT2D eigenvalue weighted by Crippen LogP contribution is 2.12. The molecule has 0 bridgehead atoms. The van der Waals surface area contributed by atoms with Crippen molar-refractivity contribution in [1.29, 1.82) is 0 Å². The Labute approximate surface area is 117 Å². The van der Waals surface area contributed by atoms with Crippen LogP contribution in [-0.4, -0.2) is 43.5 Å². The van der Waals surface area contributed by atoms with E-state index < -0.39 is 13.0 Å². The molecular weight excluding hydrogens is 266 g/mol. The number of halogens is 2. The van der Waals surface area contributed by atoms with Gasteiger partial charge in [0.15, 0.2) is 0 Å². The van der Waals surface area contributed by atoms with Crippen molar-refractivity contribution in [2.24, 2.45) is 5.73 Å². The van der Waals surface area contributed by atoms with E-state index in [0.717, 1.165) is 10.5 Å². The fourth-order valence-corrected chi connectivity index (χ4v) is 1.76. The number of amides is 1. The molecular formula is C14H20F2N2O2. The number of rotatable bonds is 8. The minimum atomic E-state index is -2.55. The van der Waals surface area contributed by atoms with Gasteiger partial charge in [-0.3, -0.25) is 4.79 Å². The number of hydrogen-bond acceptors (Lipinski definition) is 3. The molecule has 1 amide bonds. The van der Waals surface area contributed by atoms with Gasteiger partial charge in [-0.2, -0.15) is 0 Å². The number of carbonyl (C=O) groups excluding carboxylic acids is 1. The number of ether oxygens (including phenoxy) is 1. The summed E-state index contributed by atoms with van der Waals surface area (Å²) >= 11 is 0. The van der Waals surface area contributed by atoms with E-state index in [1.54, 1.807) is 6.07 Å². The van der Waals surface area contributed by atoms with Crippen LogP contribution in [0.5, 0.6) is 5.75 Å². The van der Waals surface area contributed by atoms with Crippen molar-refractivity contribution in [1.82, 2.24) is 4.90 Å². The van der Waals surface area contributed by atoms with Crippen molar-refractivity contribution < 1.29 is 18.3 Å². The molecule has 2 N–H and O–H groups in total. The molecule has 0 aromatic heterocycles. The van der Waals surface area contributed by atoms with Gasteiger partial charge in [-0.05, 0) is 24.6 Å². The first-order chi connectivity index (χ1) is 9.52. The molecule has 0 aliphatic heterocycles. The molecule has 6 heteroatoms. The summed E-state index contributed by atoms with van der Waals surface area (Å²) in [5.74, 6) is 0.292. The molecule has 0 aliphatic carbocycles. The zero-order chi connectivity index (χ0) is 15.0. The quantitative estimate of drug-likeness (QED) is 0.793. The van der Waals surface area contributed by atoms with Gasteiger partial charge >= 0.3 is 0 Å². The van der Waals surface area contributed by atoms with Crippen molar-refractivity contribution in [2.75, 3.05) is 26.2 Å². The van der Waals surface area contributed by atoms with Crippen LogP contribution in [0.2, 0.25) is 0 Å². The van der Waals surface area contributed by atoms with Crippen LogP contribution in [0.15, 0.2) is 24.3 Å². The van der Waals surface area contributed by atoms with Gasteiger partial charge in [0, 0.05) is 13.1 Å². The third kappa shape index (κ3) is 5.97. The molecule has 112 valence electrons. The number of alkyl halides is 2. The topological polar surface area (TPSA) is 55.6 Å². The highest BCUT2D eigenvalue weighted by Gasteiger charge is 2.17. The second kappa shape index (κ2) is 8.47. The Morgan fingerprint density at radius 1 is 1.45 bits per heavy atom. The van der Waals surface area contributed by atoms with E-state index in [0.29, 0.717) is 5.75 Å². The lowest BCUT2D eigenvalue weighted by Gasteiger charge is -2.21. The van der Waals surface area contributed by atoms with E-state index in [-0.39, 0.29) is 32.0 Å². The third-order valence-electron chi connectivity index (χ3n) is 2.68. The summed E-state index contributed by atoms with van der Waals surface area (Å²) in [5.41, 5.74) is 6.36. The molecule has 0 atom stereocenters. The van der Waals surface area contributed by atoms with Crippen LogP contribution < -0.4 is 10.5 Å². The van der Waals surface area contributed by atoms with Crippen LogP contribution in [0, 0.1) is 6.92 Å². The zero-order valence-corrected chi connectivity index (χ0v) is 11.5. The summed E-state index contributed by atoms with van der Waals surface area (Å²) in [6, 6.07) is 7.42. The predicted octanol–water partition coefficient (Wildman–Crippen LogP) is 1.82. The van der Waals surface area contributed by atoms with E-state index in [2.05, 4.69) is 0 Å². The summed E-state index contributed by atoms with van der Waals surface area (Å²) in [6.45, 7) is 1.81. The Balaban J connectivity index is 2.40. The number of benzene rings is 1. The fraction of sp³-hybridized carbons (Fsp3) is 0.500. The van der Waals surface area contributed by atoms with Crippen LogP contribution in [0.25, 0.3) is 0 Å². The Hall–Kier alpha value is -1.69. The molecule has 0 radical (unpaired) electrons. The van der Waals surface area contributed by atoms with Crippen LogP contribution in [0.3, 0.4) is 0 Å². The van der Waals surface area contributed by atoms with E-state index in [1.165, 1.54) is 0 Å². The van der Waals surface area contributed by atoms with Gasteiger partial charge in [0.05, 0.1) is 19.6 Å². The molecule has 0 aliphatic rings. The molecule has 0 unspecified atom stereocenters. The Kier molecular flexibility index (Phi) is 6.93. The van der Waals surface area contributed by atoms with Crippen molar-refractivity contribution in [3.8, 4) is 5.75 Å². The van der Waals surface area contributed by atoms with Crippen molar-refractivity contribution in [3.63, 3.8) is 0 Å². The summed E-state index contributed by atoms with van der Waals surface area (Å²) in [5, 5.41) is 0. The number of hydrogen-bond donors (Lipinski definition) is 1. The van der Waals surface area contributed by atoms with Crippen LogP contribution in [-0.2, 0) is 4.79 Å². The molecule has 0 heterocycles. The van der Waals surface area contributed by atoms with E-state index in [1.807, 2.05) is 25.1 Å². The SMILES string of the molecule is Cc1cccc(OCCC(=O)N(CCN)CC(F)F)c1. The largest absolute Gasteiger partial charge is 0.493 e. The minimum Gasteiger partial charge on any atom is -0.493 e. The molecule has 0 saturated heterocycles. The van der Waals surface area contributed by atoms with Gasteiger partial charge in [-0.1, -0.05) is 12.1 Å². The lowest BCUT2D eigenvalue weighted by Crippen LogP contribution is -2.39. The molecule has 0 fully saturated rings. The van der Waals surface area contributed by atoms with Gasteiger partial charge in [0.25, 0.3) is 6.43 Å². The number of carbonyl (C=O) groups is 1. The van der Waals surface area contributed by atoms with E-state index >= 15 is 0 Å². The monoisotopic (exact) mass is 286 g/mol. The second-order valence-electron chi connectivity index (χ2n) is 4.43. The first-order valence-electron chi connectivity index (χ1n) is 6.48. The third-order valence-corrected chi connectivity index (χ3v) is 2.68. The maximum Gasteiger partial charge on any atom is 0.255 e. The highest BCUT2D eigenvalue weighted by atomic mass is 19.3. The maximum atomic E-state index is 12.3. The summed E-state index contributed by atoms with van der Waals surface area (Å²) in [7, 11) is 0. The predicted molar refractivity (Wildman–Crippen MR) is 72.9 cm³/mol. The van der Waals surface area contributed by atoms with Crippen molar-refractivity contribution >= 4 is 5.91 Å². The number of aryl methyl sites for hydroxylation is 1. The average Bonchev–Trinajstić information content (AvgIpc) is 2.37.